The summed E-state index contributed by atoms with van der Waals surface area (Å²) in [6.45, 7) is 5.91. The number of nitrogens with one attached hydrogen (secondary N) is 1. The van der Waals surface area contributed by atoms with Crippen LogP contribution in [0.15, 0.2) is 51.6 Å². The first kappa shape index (κ1) is 23.0. The van der Waals surface area contributed by atoms with Crippen LogP contribution in [-0.2, 0) is 19.1 Å². The van der Waals surface area contributed by atoms with Crippen molar-refractivity contribution in [3.05, 3.63) is 58.0 Å². The van der Waals surface area contributed by atoms with Crippen molar-refractivity contribution in [2.24, 2.45) is 4.99 Å². The van der Waals surface area contributed by atoms with E-state index in [9.17, 15) is 14.0 Å². The maximum absolute atomic E-state index is 13.6. The summed E-state index contributed by atoms with van der Waals surface area (Å²) in [6.07, 6.45) is 0.132. The van der Waals surface area contributed by atoms with Gasteiger partial charge in [0.1, 0.15) is 12.4 Å². The molecule has 0 saturated heterocycles. The third-order valence-electron chi connectivity index (χ3n) is 4.72. The second-order valence-electron chi connectivity index (χ2n) is 7.47. The molecule has 1 N–H and O–H groups in total. The van der Waals surface area contributed by atoms with E-state index in [1.807, 2.05) is 24.2 Å². The van der Waals surface area contributed by atoms with Gasteiger partial charge in [0.15, 0.2) is 5.17 Å². The van der Waals surface area contributed by atoms with Crippen LogP contribution in [0.1, 0.15) is 38.8 Å². The molecular formula is C22H26FN3O4S. The van der Waals surface area contributed by atoms with Crippen LogP contribution < -0.4 is 5.32 Å². The number of ether oxygens (including phenoxy) is 2. The molecule has 0 aliphatic carbocycles. The molecule has 2 aliphatic rings. The Bertz CT molecular complexity index is 941. The SMILES string of the molecule is COCCOC(=O)C1=C(C)N=C2SC=C(CC(=O)NC(C)C)N2C1c1ccc(F)cc1. The van der Waals surface area contributed by atoms with Gasteiger partial charge in [0.05, 0.1) is 30.3 Å². The molecule has 9 heteroatoms. The molecule has 3 rings (SSSR count). The van der Waals surface area contributed by atoms with Crippen LogP contribution in [0.5, 0.6) is 0 Å². The standard InChI is InChI=1S/C22H26FN3O4S/c1-13(2)24-18(27)11-17-12-31-22-25-14(3)19(21(28)30-10-9-29-4)20(26(17)22)15-5-7-16(23)8-6-15/h5-8,12-13,20H,9-11H2,1-4H3,(H,24,27). The minimum atomic E-state index is -0.587. The number of amidine groups is 1. The summed E-state index contributed by atoms with van der Waals surface area (Å²) in [5, 5.41) is 5.40. The summed E-state index contributed by atoms with van der Waals surface area (Å²) in [7, 11) is 1.53. The highest BCUT2D eigenvalue weighted by molar-refractivity contribution is 8.16. The molecule has 0 aromatic heterocycles. The first-order valence-electron chi connectivity index (χ1n) is 9.97. The van der Waals surface area contributed by atoms with Gasteiger partial charge in [0, 0.05) is 18.8 Å². The molecule has 31 heavy (non-hydrogen) atoms. The number of rotatable bonds is 8. The summed E-state index contributed by atoms with van der Waals surface area (Å²) < 4.78 is 24.0. The molecule has 1 aromatic rings. The molecule has 166 valence electrons. The number of benzene rings is 1. The van der Waals surface area contributed by atoms with Crippen molar-refractivity contribution >= 4 is 28.8 Å². The lowest BCUT2D eigenvalue weighted by Crippen LogP contribution is -2.38. The lowest BCUT2D eigenvalue weighted by Gasteiger charge is -2.36. The Morgan fingerprint density at radius 3 is 2.61 bits per heavy atom. The molecule has 2 heterocycles. The molecule has 1 aromatic carbocycles. The number of allylic oxidation sites excluding steroid dienone is 1. The number of nitrogens with zero attached hydrogens (tertiary/aromatic N) is 2. The summed E-state index contributed by atoms with van der Waals surface area (Å²) in [5.74, 6) is -1.02. The predicted octanol–water partition coefficient (Wildman–Crippen LogP) is 3.50. The van der Waals surface area contributed by atoms with Crippen LogP contribution in [0.25, 0.3) is 0 Å². The zero-order valence-corrected chi connectivity index (χ0v) is 18.8. The van der Waals surface area contributed by atoms with Crippen LogP contribution >= 0.6 is 11.8 Å². The van der Waals surface area contributed by atoms with Gasteiger partial charge >= 0.3 is 5.97 Å². The van der Waals surface area contributed by atoms with Gasteiger partial charge in [0.2, 0.25) is 5.91 Å². The lowest BCUT2D eigenvalue weighted by atomic mass is 9.94. The maximum Gasteiger partial charge on any atom is 0.338 e. The Labute approximate surface area is 185 Å². The molecule has 7 nitrogen and oxygen atoms in total. The minimum Gasteiger partial charge on any atom is -0.460 e. The van der Waals surface area contributed by atoms with Gasteiger partial charge in [-0.15, -0.1) is 0 Å². The summed E-state index contributed by atoms with van der Waals surface area (Å²) >= 11 is 1.39. The largest absolute Gasteiger partial charge is 0.460 e. The zero-order valence-electron chi connectivity index (χ0n) is 18.0. The Morgan fingerprint density at radius 1 is 1.26 bits per heavy atom. The van der Waals surface area contributed by atoms with Crippen molar-refractivity contribution in [1.29, 1.82) is 0 Å². The Hall–Kier alpha value is -2.65. The second kappa shape index (κ2) is 10.1. The number of carbonyl (C=O) groups is 2. The Kier molecular flexibility index (Phi) is 7.50. The van der Waals surface area contributed by atoms with E-state index in [4.69, 9.17) is 9.47 Å². The third kappa shape index (κ3) is 5.34. The van der Waals surface area contributed by atoms with Crippen molar-refractivity contribution in [1.82, 2.24) is 10.2 Å². The molecule has 1 amide bonds. The fraction of sp³-hybridized carbons (Fsp3) is 0.409. The van der Waals surface area contributed by atoms with Crippen LogP contribution in [0.2, 0.25) is 0 Å². The third-order valence-corrected chi connectivity index (χ3v) is 5.61. The Morgan fingerprint density at radius 2 is 1.97 bits per heavy atom. The molecule has 0 radical (unpaired) electrons. The van der Waals surface area contributed by atoms with Crippen molar-refractivity contribution in [2.75, 3.05) is 20.3 Å². The number of hydrogen-bond acceptors (Lipinski definition) is 7. The number of methoxy groups -OCH3 is 1. The predicted molar refractivity (Wildman–Crippen MR) is 118 cm³/mol. The topological polar surface area (TPSA) is 80.2 Å². The van der Waals surface area contributed by atoms with E-state index < -0.39 is 12.0 Å². The zero-order chi connectivity index (χ0) is 22.5. The summed E-state index contributed by atoms with van der Waals surface area (Å²) in [5.41, 5.74) is 2.29. The average Bonchev–Trinajstić information content (AvgIpc) is 3.09. The molecular weight excluding hydrogens is 421 g/mol. The highest BCUT2D eigenvalue weighted by atomic mass is 32.2. The second-order valence-corrected chi connectivity index (χ2v) is 8.31. The fourth-order valence-corrected chi connectivity index (χ4v) is 4.39. The van der Waals surface area contributed by atoms with Crippen molar-refractivity contribution in [3.8, 4) is 0 Å². The van der Waals surface area contributed by atoms with Gasteiger partial charge in [-0.3, -0.25) is 4.79 Å². The number of halogens is 1. The van der Waals surface area contributed by atoms with Crippen molar-refractivity contribution in [2.45, 2.75) is 39.3 Å². The number of thioether (sulfide) groups is 1. The van der Waals surface area contributed by atoms with Gasteiger partial charge < -0.3 is 19.7 Å². The van der Waals surface area contributed by atoms with Gasteiger partial charge in [-0.25, -0.2) is 14.2 Å². The van der Waals surface area contributed by atoms with Crippen molar-refractivity contribution < 1.29 is 23.5 Å². The number of aliphatic imine (C=N–C) groups is 1. The van der Waals surface area contributed by atoms with E-state index in [1.54, 1.807) is 19.1 Å². The molecule has 1 atom stereocenters. The number of fused-ring (bicyclic) bond motifs is 1. The normalized spacial score (nSPS) is 18.0. The van der Waals surface area contributed by atoms with E-state index >= 15 is 0 Å². The van der Waals surface area contributed by atoms with E-state index in [0.717, 1.165) is 0 Å². The maximum atomic E-state index is 13.6. The van der Waals surface area contributed by atoms with Crippen molar-refractivity contribution in [3.63, 3.8) is 0 Å². The van der Waals surface area contributed by atoms with E-state index in [0.29, 0.717) is 27.7 Å². The Balaban J connectivity index is 1.98. The van der Waals surface area contributed by atoms with Gasteiger partial charge in [0.25, 0.3) is 0 Å². The van der Waals surface area contributed by atoms with E-state index in [1.165, 1.54) is 31.0 Å². The highest BCUT2D eigenvalue weighted by Gasteiger charge is 2.41. The minimum absolute atomic E-state index is 0.0120. The molecule has 1 unspecified atom stereocenters. The van der Waals surface area contributed by atoms with E-state index in [2.05, 4.69) is 10.3 Å². The number of esters is 1. The van der Waals surface area contributed by atoms with Crippen LogP contribution in [0.3, 0.4) is 0 Å². The molecule has 2 aliphatic heterocycles. The quantitative estimate of drug-likeness (QED) is 0.485. The molecule has 0 spiro atoms. The number of amides is 1. The molecule has 0 fully saturated rings. The monoisotopic (exact) mass is 447 g/mol. The summed E-state index contributed by atoms with van der Waals surface area (Å²) in [6, 6.07) is 5.39. The first-order valence-corrected chi connectivity index (χ1v) is 10.8. The number of hydrogen-bond donors (Lipinski definition) is 1. The highest BCUT2D eigenvalue weighted by Crippen LogP contribution is 2.44. The fourth-order valence-electron chi connectivity index (χ4n) is 3.42. The van der Waals surface area contributed by atoms with Gasteiger partial charge in [-0.1, -0.05) is 23.9 Å². The smallest absolute Gasteiger partial charge is 0.338 e. The van der Waals surface area contributed by atoms with Crippen LogP contribution in [-0.4, -0.2) is 48.3 Å². The lowest BCUT2D eigenvalue weighted by molar-refractivity contribution is -0.141. The van der Waals surface area contributed by atoms with Gasteiger partial charge in [-0.05, 0) is 43.9 Å². The van der Waals surface area contributed by atoms with Gasteiger partial charge in [-0.2, -0.15) is 0 Å². The summed E-state index contributed by atoms with van der Waals surface area (Å²) in [4.78, 5) is 31.9. The number of carbonyl (C=O) groups excluding carboxylic acids is 2. The van der Waals surface area contributed by atoms with E-state index in [-0.39, 0.29) is 37.4 Å². The first-order chi connectivity index (χ1) is 14.8. The molecule has 0 saturated carbocycles. The average molecular weight is 448 g/mol. The van der Waals surface area contributed by atoms with Crippen LogP contribution in [0.4, 0.5) is 4.39 Å². The molecule has 0 bridgehead atoms. The van der Waals surface area contributed by atoms with Crippen LogP contribution in [0, 0.1) is 5.82 Å².